The summed E-state index contributed by atoms with van der Waals surface area (Å²) in [5.41, 5.74) is 1.09. The van der Waals surface area contributed by atoms with Gasteiger partial charge in [0, 0.05) is 51.3 Å². The van der Waals surface area contributed by atoms with Crippen LogP contribution in [0.1, 0.15) is 26.3 Å². The fourth-order valence-corrected chi connectivity index (χ4v) is 1.62. The fraction of sp³-hybridized carbons (Fsp3) is 0.286. The molecule has 10 heteroatoms. The summed E-state index contributed by atoms with van der Waals surface area (Å²) in [5, 5.41) is 26.7. The van der Waals surface area contributed by atoms with Crippen LogP contribution < -0.4 is 29.5 Å². The molecular formula is C21H24O9Pb-3. The summed E-state index contributed by atoms with van der Waals surface area (Å²) in [5.74, 6) is -1.49. The number of carbonyl (C=O) groups excluding carboxylic acids is 3. The van der Waals surface area contributed by atoms with Crippen LogP contribution >= 0.6 is 0 Å². The third kappa shape index (κ3) is 21.7. The number of carbonyl (C=O) groups is 3. The van der Waals surface area contributed by atoms with Crippen molar-refractivity contribution in [3.05, 3.63) is 54.1 Å². The Morgan fingerprint density at radius 3 is 1.68 bits per heavy atom. The average molecular weight is 628 g/mol. The minimum Gasteiger partial charge on any atom is -0.550 e. The maximum Gasteiger partial charge on any atom is 0.204 e. The van der Waals surface area contributed by atoms with Crippen LogP contribution in [0.2, 0.25) is 0 Å². The topological polar surface area (TPSA) is 148 Å². The van der Waals surface area contributed by atoms with Gasteiger partial charge in [-0.05, 0) is 38.5 Å². The summed E-state index contributed by atoms with van der Waals surface area (Å²) in [6.45, 7) is 3.38. The number of aliphatic carboxylic acids is 3. The van der Waals surface area contributed by atoms with Crippen LogP contribution in [-0.4, -0.2) is 59.4 Å². The first-order chi connectivity index (χ1) is 14.0. The van der Waals surface area contributed by atoms with Crippen LogP contribution in [0.4, 0.5) is 0 Å². The molecule has 9 nitrogen and oxygen atoms in total. The molecule has 2 aromatic carbocycles. The van der Waals surface area contributed by atoms with E-state index in [9.17, 15) is 0 Å². The van der Waals surface area contributed by atoms with Gasteiger partial charge in [-0.2, -0.15) is 0 Å². The largest absolute Gasteiger partial charge is 0.550 e. The Labute approximate surface area is 201 Å². The molecule has 0 fully saturated rings. The van der Waals surface area contributed by atoms with Crippen molar-refractivity contribution in [3.63, 3.8) is 0 Å². The van der Waals surface area contributed by atoms with Crippen molar-refractivity contribution in [2.75, 3.05) is 14.2 Å². The quantitative estimate of drug-likeness (QED) is 0.380. The van der Waals surface area contributed by atoms with Gasteiger partial charge in [-0.15, -0.1) is 0 Å². The first-order valence-corrected chi connectivity index (χ1v) is 8.37. The molecule has 0 amide bonds. The van der Waals surface area contributed by atoms with Gasteiger partial charge in [-0.1, -0.05) is 30.3 Å². The Balaban J connectivity index is -0.000000503. The standard InChI is InChI=1S/C15H15O3.3C2H4O2.Pb/c1-16-13-9-6-10-14(17-2)15(13)18-11-12-7-4-3-5-8-12;3*1-2(3)4;/h3-9H,11H2,1-2H3;3*1H3,(H,3,4);/p-3. The Hall–Kier alpha value is -2.83. The van der Waals surface area contributed by atoms with Gasteiger partial charge in [0.15, 0.2) is 11.5 Å². The van der Waals surface area contributed by atoms with E-state index in [2.05, 4.69) is 6.07 Å². The molecule has 169 valence electrons. The van der Waals surface area contributed by atoms with Crippen molar-refractivity contribution in [2.24, 2.45) is 0 Å². The van der Waals surface area contributed by atoms with E-state index in [0.29, 0.717) is 23.9 Å². The number of carboxylic acids is 3. The Morgan fingerprint density at radius 2 is 1.29 bits per heavy atom. The van der Waals surface area contributed by atoms with Crippen LogP contribution in [0.15, 0.2) is 42.5 Å². The monoisotopic (exact) mass is 628 g/mol. The number of carboxylic acid groups (broad SMARTS) is 3. The van der Waals surface area contributed by atoms with E-state index in [1.807, 2.05) is 30.3 Å². The molecule has 0 N–H and O–H groups in total. The number of methoxy groups -OCH3 is 2. The van der Waals surface area contributed by atoms with Gasteiger partial charge < -0.3 is 43.9 Å². The van der Waals surface area contributed by atoms with Gasteiger partial charge in [-0.3, -0.25) is 0 Å². The minimum absolute atomic E-state index is 0. The summed E-state index contributed by atoms with van der Waals surface area (Å²) in [4.78, 5) is 26.7. The fourth-order valence-electron chi connectivity index (χ4n) is 1.62. The molecule has 0 aromatic heterocycles. The number of rotatable bonds is 5. The Kier molecular flexibility index (Phi) is 21.6. The number of hydrogen-bond donors (Lipinski definition) is 0. The maximum atomic E-state index is 8.89. The SMILES string of the molecule is CC(=O)[O-].CC(=O)[O-].CC(=O)[O-].COc1[c]ccc(OC)c1OCc1ccccc1.[Pb]. The average Bonchev–Trinajstić information content (AvgIpc) is 2.65. The van der Waals surface area contributed by atoms with Gasteiger partial charge >= 0.3 is 0 Å². The summed E-state index contributed by atoms with van der Waals surface area (Å²) in [7, 11) is 3.19. The van der Waals surface area contributed by atoms with Crippen LogP contribution in [0.5, 0.6) is 17.2 Å². The molecule has 0 atom stereocenters. The van der Waals surface area contributed by atoms with Crippen molar-refractivity contribution >= 4 is 45.2 Å². The first-order valence-electron chi connectivity index (χ1n) is 8.37. The molecule has 0 aliphatic rings. The van der Waals surface area contributed by atoms with E-state index in [1.165, 1.54) is 0 Å². The normalized spacial score (nSPS) is 8.16. The van der Waals surface area contributed by atoms with Crippen molar-refractivity contribution < 1.29 is 43.9 Å². The van der Waals surface area contributed by atoms with Crippen LogP contribution in [0.25, 0.3) is 0 Å². The van der Waals surface area contributed by atoms with E-state index in [0.717, 1.165) is 26.3 Å². The molecule has 31 heavy (non-hydrogen) atoms. The first kappa shape index (κ1) is 32.8. The second-order valence-corrected chi connectivity index (χ2v) is 5.16. The van der Waals surface area contributed by atoms with Crippen molar-refractivity contribution in [2.45, 2.75) is 27.4 Å². The number of ether oxygens (including phenoxy) is 3. The van der Waals surface area contributed by atoms with Gasteiger partial charge in [0.2, 0.25) is 5.75 Å². The molecule has 2 rings (SSSR count). The molecule has 0 saturated heterocycles. The van der Waals surface area contributed by atoms with Crippen LogP contribution in [0, 0.1) is 6.07 Å². The molecular weight excluding hydrogens is 603 g/mol. The smallest absolute Gasteiger partial charge is 0.204 e. The zero-order valence-electron chi connectivity index (χ0n) is 17.9. The van der Waals surface area contributed by atoms with Crippen LogP contribution in [-0.2, 0) is 21.0 Å². The van der Waals surface area contributed by atoms with Crippen molar-refractivity contribution in [1.82, 2.24) is 0 Å². The van der Waals surface area contributed by atoms with Gasteiger partial charge in [0.1, 0.15) is 6.61 Å². The predicted molar refractivity (Wildman–Crippen MR) is 107 cm³/mol. The molecule has 0 bridgehead atoms. The Morgan fingerprint density at radius 1 is 0.839 bits per heavy atom. The summed E-state index contributed by atoms with van der Waals surface area (Å²) < 4.78 is 16.2. The van der Waals surface area contributed by atoms with Crippen molar-refractivity contribution in [1.29, 1.82) is 0 Å². The van der Waals surface area contributed by atoms with Gasteiger partial charge in [0.25, 0.3) is 0 Å². The molecule has 0 aliphatic heterocycles. The molecule has 2 aromatic rings. The summed E-state index contributed by atoms with van der Waals surface area (Å²) in [6, 6.07) is 16.4. The zero-order valence-corrected chi connectivity index (χ0v) is 21.8. The van der Waals surface area contributed by atoms with E-state index in [4.69, 9.17) is 43.9 Å². The van der Waals surface area contributed by atoms with E-state index >= 15 is 0 Å². The Bertz CT molecular complexity index is 702. The van der Waals surface area contributed by atoms with Gasteiger partial charge in [-0.25, -0.2) is 0 Å². The summed E-state index contributed by atoms with van der Waals surface area (Å²) >= 11 is 0. The second kappa shape index (κ2) is 20.4. The third-order valence-corrected chi connectivity index (χ3v) is 2.53. The van der Waals surface area contributed by atoms with E-state index in [-0.39, 0.29) is 27.3 Å². The van der Waals surface area contributed by atoms with Crippen LogP contribution in [0.3, 0.4) is 0 Å². The molecule has 0 aliphatic carbocycles. The minimum atomic E-state index is -1.08. The number of benzene rings is 2. The van der Waals surface area contributed by atoms with E-state index < -0.39 is 17.9 Å². The van der Waals surface area contributed by atoms with E-state index in [1.54, 1.807) is 26.4 Å². The molecule has 5 radical (unpaired) electrons. The van der Waals surface area contributed by atoms with Crippen molar-refractivity contribution in [3.8, 4) is 17.2 Å². The molecule has 0 heterocycles. The third-order valence-electron chi connectivity index (χ3n) is 2.53. The molecule has 0 saturated carbocycles. The second-order valence-electron chi connectivity index (χ2n) is 5.16. The zero-order chi connectivity index (χ0) is 23.5. The molecule has 0 unspecified atom stereocenters. The molecule has 0 spiro atoms. The maximum absolute atomic E-state index is 8.89. The number of hydrogen-bond acceptors (Lipinski definition) is 9. The summed E-state index contributed by atoms with van der Waals surface area (Å²) in [6.07, 6.45) is 0. The predicted octanol–water partition coefficient (Wildman–Crippen LogP) is -1.03. The van der Waals surface area contributed by atoms with Gasteiger partial charge in [0.05, 0.1) is 14.2 Å².